The molecule has 0 aliphatic rings. The van der Waals surface area contributed by atoms with E-state index in [1.165, 1.54) is 0 Å². The fraction of sp³-hybridized carbons (Fsp3) is 0.800. The Morgan fingerprint density at radius 2 is 1.67 bits per heavy atom. The highest BCUT2D eigenvalue weighted by Gasteiger charge is 2.07. The summed E-state index contributed by atoms with van der Waals surface area (Å²) in [4.78, 5) is 11.2. The summed E-state index contributed by atoms with van der Waals surface area (Å²) in [5, 5.41) is 0. The van der Waals surface area contributed by atoms with Crippen molar-refractivity contribution in [2.75, 3.05) is 33.0 Å². The molecule has 0 bridgehead atoms. The van der Waals surface area contributed by atoms with Gasteiger partial charge >= 0.3 is 5.97 Å². The average Bonchev–Trinajstić information content (AvgIpc) is 2.42. The molecule has 0 aliphatic carbocycles. The Labute approximate surface area is 127 Å². The molecule has 0 saturated carbocycles. The van der Waals surface area contributed by atoms with Crippen LogP contribution in [0.4, 0.5) is 0 Å². The lowest BCUT2D eigenvalue weighted by Gasteiger charge is -2.13. The van der Waals surface area contributed by atoms with E-state index in [1.54, 1.807) is 13.8 Å². The van der Waals surface area contributed by atoms with Gasteiger partial charge in [0.2, 0.25) is 0 Å². The number of nitrogens with two attached hydrogens (primary N) is 1. The molecule has 2 unspecified atom stereocenters. The summed E-state index contributed by atoms with van der Waals surface area (Å²) < 4.78 is 21.1. The standard InChI is InChI=1S/C15H29NO5/c1-12(2)15(17)21-11-13(3)19-9-5-7-18-8-6-10-20-14(4)16/h13-14H,1,5-11,16H2,2-4H3. The van der Waals surface area contributed by atoms with Crippen molar-refractivity contribution in [2.45, 2.75) is 45.9 Å². The van der Waals surface area contributed by atoms with Crippen LogP contribution in [0.5, 0.6) is 0 Å². The van der Waals surface area contributed by atoms with Gasteiger partial charge in [0.1, 0.15) is 12.8 Å². The van der Waals surface area contributed by atoms with Gasteiger partial charge in [-0.3, -0.25) is 0 Å². The summed E-state index contributed by atoms with van der Waals surface area (Å²) in [6, 6.07) is 0. The molecule has 0 aliphatic heterocycles. The molecule has 2 atom stereocenters. The fourth-order valence-corrected chi connectivity index (χ4v) is 1.34. The fourth-order valence-electron chi connectivity index (χ4n) is 1.34. The van der Waals surface area contributed by atoms with Crippen molar-refractivity contribution in [1.29, 1.82) is 0 Å². The van der Waals surface area contributed by atoms with E-state index in [9.17, 15) is 4.79 Å². The van der Waals surface area contributed by atoms with Gasteiger partial charge in [0.15, 0.2) is 0 Å². The van der Waals surface area contributed by atoms with Crippen LogP contribution in [0.15, 0.2) is 12.2 Å². The van der Waals surface area contributed by atoms with Crippen LogP contribution in [0.1, 0.15) is 33.6 Å². The number of carbonyl (C=O) groups excluding carboxylic acids is 1. The van der Waals surface area contributed by atoms with Crippen LogP contribution >= 0.6 is 0 Å². The van der Waals surface area contributed by atoms with Crippen LogP contribution in [0.3, 0.4) is 0 Å². The largest absolute Gasteiger partial charge is 0.460 e. The summed E-state index contributed by atoms with van der Waals surface area (Å²) in [5.41, 5.74) is 5.84. The van der Waals surface area contributed by atoms with E-state index >= 15 is 0 Å². The summed E-state index contributed by atoms with van der Waals surface area (Å²) in [6.45, 7) is 11.5. The number of carbonyl (C=O) groups is 1. The van der Waals surface area contributed by atoms with Crippen LogP contribution < -0.4 is 5.73 Å². The van der Waals surface area contributed by atoms with Crippen LogP contribution in [-0.2, 0) is 23.7 Å². The second-order valence-corrected chi connectivity index (χ2v) is 4.96. The predicted octanol–water partition coefficient (Wildman–Crippen LogP) is 1.63. The first-order valence-corrected chi connectivity index (χ1v) is 7.32. The van der Waals surface area contributed by atoms with Gasteiger partial charge in [-0.25, -0.2) is 4.79 Å². The van der Waals surface area contributed by atoms with Gasteiger partial charge in [-0.2, -0.15) is 0 Å². The zero-order valence-corrected chi connectivity index (χ0v) is 13.4. The van der Waals surface area contributed by atoms with Crippen LogP contribution in [0.2, 0.25) is 0 Å². The Kier molecular flexibility index (Phi) is 12.2. The Bertz CT molecular complexity index is 294. The van der Waals surface area contributed by atoms with E-state index in [-0.39, 0.29) is 24.9 Å². The minimum atomic E-state index is -0.386. The molecule has 6 heteroatoms. The molecular formula is C15H29NO5. The van der Waals surface area contributed by atoms with E-state index < -0.39 is 0 Å². The van der Waals surface area contributed by atoms with Gasteiger partial charge in [0.05, 0.1) is 12.7 Å². The van der Waals surface area contributed by atoms with Gasteiger partial charge in [0, 0.05) is 25.4 Å². The van der Waals surface area contributed by atoms with Crippen LogP contribution in [-0.4, -0.2) is 51.3 Å². The molecule has 0 aromatic heterocycles. The number of esters is 1. The molecule has 0 heterocycles. The Morgan fingerprint density at radius 1 is 1.10 bits per heavy atom. The highest BCUT2D eigenvalue weighted by molar-refractivity contribution is 5.86. The van der Waals surface area contributed by atoms with Crippen LogP contribution in [0.25, 0.3) is 0 Å². The number of hydrogen-bond acceptors (Lipinski definition) is 6. The van der Waals surface area contributed by atoms with Gasteiger partial charge in [-0.1, -0.05) is 6.58 Å². The maximum atomic E-state index is 11.2. The van der Waals surface area contributed by atoms with Gasteiger partial charge in [0.25, 0.3) is 0 Å². The third kappa shape index (κ3) is 13.8. The van der Waals surface area contributed by atoms with E-state index in [2.05, 4.69) is 6.58 Å². The molecule has 0 radical (unpaired) electrons. The molecule has 2 N–H and O–H groups in total. The van der Waals surface area contributed by atoms with Crippen molar-refractivity contribution < 1.29 is 23.7 Å². The molecule has 0 aromatic carbocycles. The van der Waals surface area contributed by atoms with Gasteiger partial charge in [-0.15, -0.1) is 0 Å². The predicted molar refractivity (Wildman–Crippen MR) is 80.8 cm³/mol. The van der Waals surface area contributed by atoms with Gasteiger partial charge in [-0.05, 0) is 33.6 Å². The molecule has 0 spiro atoms. The summed E-state index contributed by atoms with van der Waals surface area (Å²) in [7, 11) is 0. The third-order valence-electron chi connectivity index (χ3n) is 2.45. The zero-order chi connectivity index (χ0) is 16.1. The molecule has 6 nitrogen and oxygen atoms in total. The maximum absolute atomic E-state index is 11.2. The Hall–Kier alpha value is -0.950. The normalized spacial score (nSPS) is 13.7. The highest BCUT2D eigenvalue weighted by atomic mass is 16.6. The third-order valence-corrected chi connectivity index (χ3v) is 2.45. The molecule has 21 heavy (non-hydrogen) atoms. The number of rotatable bonds is 13. The lowest BCUT2D eigenvalue weighted by atomic mass is 10.3. The monoisotopic (exact) mass is 303 g/mol. The molecule has 0 fully saturated rings. The topological polar surface area (TPSA) is 80.0 Å². The average molecular weight is 303 g/mol. The van der Waals surface area contributed by atoms with Crippen LogP contribution in [0, 0.1) is 0 Å². The summed E-state index contributed by atoms with van der Waals surface area (Å²) in [6.07, 6.45) is 1.27. The van der Waals surface area contributed by atoms with Crippen molar-refractivity contribution >= 4 is 5.97 Å². The SMILES string of the molecule is C=C(C)C(=O)OCC(C)OCCCOCCCOC(C)N. The van der Waals surface area contributed by atoms with Crippen molar-refractivity contribution in [3.05, 3.63) is 12.2 Å². The first-order valence-electron chi connectivity index (χ1n) is 7.32. The summed E-state index contributed by atoms with van der Waals surface area (Å²) >= 11 is 0. The summed E-state index contributed by atoms with van der Waals surface area (Å²) in [5.74, 6) is -0.386. The molecule has 0 rings (SSSR count). The van der Waals surface area contributed by atoms with Crippen molar-refractivity contribution in [3.63, 3.8) is 0 Å². The quantitative estimate of drug-likeness (QED) is 0.241. The van der Waals surface area contributed by atoms with Crippen molar-refractivity contribution in [3.8, 4) is 0 Å². The highest BCUT2D eigenvalue weighted by Crippen LogP contribution is 1.98. The first kappa shape index (κ1) is 20.1. The minimum absolute atomic E-state index is 0.132. The molecule has 0 saturated heterocycles. The lowest BCUT2D eigenvalue weighted by molar-refractivity contribution is -0.142. The minimum Gasteiger partial charge on any atom is -0.460 e. The lowest BCUT2D eigenvalue weighted by Crippen LogP contribution is -2.20. The first-order chi connectivity index (χ1) is 9.93. The second-order valence-electron chi connectivity index (χ2n) is 4.96. The second kappa shape index (κ2) is 12.8. The Morgan fingerprint density at radius 3 is 2.19 bits per heavy atom. The van der Waals surface area contributed by atoms with E-state index in [0.29, 0.717) is 32.0 Å². The number of ether oxygens (including phenoxy) is 4. The van der Waals surface area contributed by atoms with Crippen molar-refractivity contribution in [2.24, 2.45) is 5.73 Å². The van der Waals surface area contributed by atoms with Gasteiger partial charge < -0.3 is 24.7 Å². The van der Waals surface area contributed by atoms with Crippen molar-refractivity contribution in [1.82, 2.24) is 0 Å². The molecular weight excluding hydrogens is 274 g/mol. The zero-order valence-electron chi connectivity index (χ0n) is 13.4. The van der Waals surface area contributed by atoms with E-state index in [1.807, 2.05) is 6.92 Å². The Balaban J connectivity index is 3.30. The molecule has 0 aromatic rings. The maximum Gasteiger partial charge on any atom is 0.333 e. The molecule has 0 amide bonds. The van der Waals surface area contributed by atoms with E-state index in [4.69, 9.17) is 24.7 Å². The number of hydrogen-bond donors (Lipinski definition) is 1. The van der Waals surface area contributed by atoms with E-state index in [0.717, 1.165) is 12.8 Å². The molecule has 124 valence electrons. The smallest absolute Gasteiger partial charge is 0.333 e.